The fourth-order valence-corrected chi connectivity index (χ4v) is 4.01. The highest BCUT2D eigenvalue weighted by Crippen LogP contribution is 2.24. The Bertz CT molecular complexity index is 1210. The summed E-state index contributed by atoms with van der Waals surface area (Å²) in [5, 5.41) is 17.6. The molecule has 11 heteroatoms. The summed E-state index contributed by atoms with van der Waals surface area (Å²) < 4.78 is 2.55. The number of aromatic nitrogens is 3. The number of aromatic hydroxyl groups is 1. The highest BCUT2D eigenvalue weighted by molar-refractivity contribution is 5.97. The summed E-state index contributed by atoms with van der Waals surface area (Å²) in [5.74, 6) is -2.16. The van der Waals surface area contributed by atoms with Crippen molar-refractivity contribution in [3.63, 3.8) is 0 Å². The van der Waals surface area contributed by atoms with Crippen LogP contribution in [0.15, 0.2) is 17.1 Å². The molecule has 3 amide bonds. The average Bonchev–Trinajstić information content (AvgIpc) is 3.26. The molecule has 176 valence electrons. The van der Waals surface area contributed by atoms with Crippen LogP contribution in [0.1, 0.15) is 49.0 Å². The van der Waals surface area contributed by atoms with Gasteiger partial charge in [0.15, 0.2) is 5.56 Å². The molecule has 2 aliphatic rings. The number of likely N-dealkylation sites (tertiary alicyclic amines) is 1. The molecule has 1 saturated heterocycles. The van der Waals surface area contributed by atoms with Gasteiger partial charge in [-0.1, -0.05) is 13.8 Å². The molecule has 4 rings (SSSR count). The summed E-state index contributed by atoms with van der Waals surface area (Å²) in [6.45, 7) is 4.85. The second-order valence-electron chi connectivity index (χ2n) is 9.10. The van der Waals surface area contributed by atoms with Crippen molar-refractivity contribution < 1.29 is 19.5 Å². The predicted molar refractivity (Wildman–Crippen MR) is 119 cm³/mol. The van der Waals surface area contributed by atoms with Gasteiger partial charge < -0.3 is 21.1 Å². The third-order valence-electron chi connectivity index (χ3n) is 5.91. The van der Waals surface area contributed by atoms with E-state index in [2.05, 4.69) is 10.4 Å². The van der Waals surface area contributed by atoms with Crippen molar-refractivity contribution in [2.45, 2.75) is 45.7 Å². The molecule has 0 bridgehead atoms. The van der Waals surface area contributed by atoms with Gasteiger partial charge in [0.05, 0.1) is 12.1 Å². The maximum absolute atomic E-state index is 13.2. The van der Waals surface area contributed by atoms with Crippen molar-refractivity contribution >= 4 is 29.4 Å². The number of nitrogens with two attached hydrogens (primary N) is 1. The van der Waals surface area contributed by atoms with Crippen LogP contribution >= 0.6 is 0 Å². The SMILES string of the molecule is CC(C)Cn1c(=O)c(C(=O)NC2CC2)c(O)n2ncc(C=CC(=O)N3CCC(C(N)=O)C3)c12. The highest BCUT2D eigenvalue weighted by atomic mass is 16.3. The van der Waals surface area contributed by atoms with E-state index >= 15 is 0 Å². The van der Waals surface area contributed by atoms with E-state index in [1.54, 1.807) is 0 Å². The number of hydrogen-bond donors (Lipinski definition) is 3. The summed E-state index contributed by atoms with van der Waals surface area (Å²) in [6.07, 6.45) is 6.50. The molecule has 1 aliphatic heterocycles. The molecule has 33 heavy (non-hydrogen) atoms. The molecule has 2 fully saturated rings. The van der Waals surface area contributed by atoms with Gasteiger partial charge in [0.25, 0.3) is 11.5 Å². The van der Waals surface area contributed by atoms with Gasteiger partial charge in [0, 0.05) is 37.3 Å². The van der Waals surface area contributed by atoms with Crippen molar-refractivity contribution in [2.75, 3.05) is 13.1 Å². The summed E-state index contributed by atoms with van der Waals surface area (Å²) in [6, 6.07) is 0.0208. The number of carbonyl (C=O) groups excluding carboxylic acids is 3. The van der Waals surface area contributed by atoms with Gasteiger partial charge >= 0.3 is 0 Å². The van der Waals surface area contributed by atoms with Gasteiger partial charge in [0.1, 0.15) is 5.65 Å². The first-order valence-corrected chi connectivity index (χ1v) is 11.1. The molecular weight excluding hydrogens is 428 g/mol. The maximum Gasteiger partial charge on any atom is 0.270 e. The molecule has 0 spiro atoms. The Labute approximate surface area is 189 Å². The number of carbonyl (C=O) groups is 3. The molecule has 1 atom stereocenters. The lowest BCUT2D eigenvalue weighted by Crippen LogP contribution is -2.36. The van der Waals surface area contributed by atoms with E-state index in [1.807, 2.05) is 13.8 Å². The van der Waals surface area contributed by atoms with Crippen LogP contribution in [0.2, 0.25) is 0 Å². The van der Waals surface area contributed by atoms with Crippen LogP contribution in [-0.2, 0) is 16.1 Å². The molecule has 3 heterocycles. The topological polar surface area (TPSA) is 152 Å². The van der Waals surface area contributed by atoms with Gasteiger partial charge in [-0.25, -0.2) is 0 Å². The van der Waals surface area contributed by atoms with E-state index in [-0.39, 0.29) is 41.5 Å². The number of nitrogens with zero attached hydrogens (tertiary/aromatic N) is 4. The first-order valence-electron chi connectivity index (χ1n) is 11.1. The van der Waals surface area contributed by atoms with Crippen LogP contribution in [0.25, 0.3) is 11.7 Å². The predicted octanol–water partition coefficient (Wildman–Crippen LogP) is 0.0968. The Hall–Kier alpha value is -3.63. The third kappa shape index (κ3) is 4.48. The Morgan fingerprint density at radius 3 is 2.64 bits per heavy atom. The van der Waals surface area contributed by atoms with Crippen LogP contribution in [-0.4, -0.2) is 61.0 Å². The van der Waals surface area contributed by atoms with Gasteiger partial charge in [-0.05, 0) is 31.3 Å². The van der Waals surface area contributed by atoms with Crippen LogP contribution in [0, 0.1) is 11.8 Å². The molecule has 0 radical (unpaired) electrons. The molecule has 11 nitrogen and oxygen atoms in total. The Balaban J connectivity index is 1.70. The van der Waals surface area contributed by atoms with Crippen molar-refractivity contribution in [3.05, 3.63) is 33.8 Å². The van der Waals surface area contributed by atoms with Crippen molar-refractivity contribution in [2.24, 2.45) is 17.6 Å². The molecule has 1 saturated carbocycles. The van der Waals surface area contributed by atoms with Crippen LogP contribution in [0.3, 0.4) is 0 Å². The molecule has 1 aliphatic carbocycles. The highest BCUT2D eigenvalue weighted by Gasteiger charge is 2.30. The molecular formula is C22H28N6O5. The smallest absolute Gasteiger partial charge is 0.270 e. The van der Waals surface area contributed by atoms with Crippen molar-refractivity contribution in [1.29, 1.82) is 0 Å². The third-order valence-corrected chi connectivity index (χ3v) is 5.91. The van der Waals surface area contributed by atoms with E-state index in [9.17, 15) is 24.3 Å². The number of amides is 3. The molecule has 0 aromatic carbocycles. The van der Waals surface area contributed by atoms with E-state index in [1.165, 1.54) is 27.8 Å². The molecule has 1 unspecified atom stereocenters. The van der Waals surface area contributed by atoms with Crippen LogP contribution in [0.4, 0.5) is 0 Å². The summed E-state index contributed by atoms with van der Waals surface area (Å²) in [7, 11) is 0. The Morgan fingerprint density at radius 1 is 1.30 bits per heavy atom. The number of primary amides is 1. The fraction of sp³-hybridized carbons (Fsp3) is 0.500. The zero-order chi connectivity index (χ0) is 23.9. The molecule has 4 N–H and O–H groups in total. The van der Waals surface area contributed by atoms with Crippen molar-refractivity contribution in [3.8, 4) is 5.88 Å². The lowest BCUT2D eigenvalue weighted by Gasteiger charge is -2.15. The molecule has 2 aromatic rings. The fourth-order valence-electron chi connectivity index (χ4n) is 4.01. The Kier molecular flexibility index (Phi) is 5.96. The number of fused-ring (bicyclic) bond motifs is 1. The second-order valence-corrected chi connectivity index (χ2v) is 9.10. The van der Waals surface area contributed by atoms with Gasteiger partial charge in [-0.3, -0.25) is 23.7 Å². The van der Waals surface area contributed by atoms with Crippen LogP contribution in [0.5, 0.6) is 5.88 Å². The minimum absolute atomic E-state index is 0.0208. The molecule has 2 aromatic heterocycles. The average molecular weight is 457 g/mol. The summed E-state index contributed by atoms with van der Waals surface area (Å²) in [5.41, 5.74) is 5.10. The van der Waals surface area contributed by atoms with E-state index in [4.69, 9.17) is 5.73 Å². The lowest BCUT2D eigenvalue weighted by molar-refractivity contribution is -0.125. The first kappa shape index (κ1) is 22.6. The lowest BCUT2D eigenvalue weighted by atomic mass is 10.1. The number of hydrogen-bond acceptors (Lipinski definition) is 6. The zero-order valence-corrected chi connectivity index (χ0v) is 18.7. The number of nitrogens with one attached hydrogen (secondary N) is 1. The van der Waals surface area contributed by atoms with Crippen molar-refractivity contribution in [1.82, 2.24) is 24.4 Å². The summed E-state index contributed by atoms with van der Waals surface area (Å²) in [4.78, 5) is 51.4. The first-order chi connectivity index (χ1) is 15.7. The largest absolute Gasteiger partial charge is 0.492 e. The summed E-state index contributed by atoms with van der Waals surface area (Å²) >= 11 is 0. The van der Waals surface area contributed by atoms with E-state index < -0.39 is 23.3 Å². The van der Waals surface area contributed by atoms with Gasteiger partial charge in [0.2, 0.25) is 17.7 Å². The number of rotatable bonds is 7. The minimum atomic E-state index is -0.625. The zero-order valence-electron chi connectivity index (χ0n) is 18.7. The monoisotopic (exact) mass is 456 g/mol. The van der Waals surface area contributed by atoms with E-state index in [0.29, 0.717) is 25.1 Å². The van der Waals surface area contributed by atoms with Gasteiger partial charge in [-0.2, -0.15) is 9.61 Å². The van der Waals surface area contributed by atoms with Gasteiger partial charge in [-0.15, -0.1) is 0 Å². The maximum atomic E-state index is 13.2. The minimum Gasteiger partial charge on any atom is -0.492 e. The normalized spacial score (nSPS) is 18.5. The quantitative estimate of drug-likeness (QED) is 0.503. The Morgan fingerprint density at radius 2 is 2.03 bits per heavy atom. The van der Waals surface area contributed by atoms with E-state index in [0.717, 1.165) is 17.4 Å². The second kappa shape index (κ2) is 8.72. The van der Waals surface area contributed by atoms with Crippen LogP contribution < -0.4 is 16.6 Å². The standard InChI is InChI=1S/C22H28N6O5/c1-12(2)10-27-20-13(3-6-16(29)26-8-7-14(11-26)18(23)30)9-24-28(20)22(33)17(21(27)32)19(31)25-15-4-5-15/h3,6,9,12,14-15,33H,4-5,7-8,10-11H2,1-2H3,(H2,23,30)(H,25,31).